The summed E-state index contributed by atoms with van der Waals surface area (Å²) >= 11 is 5.80. The molecule has 1 aliphatic carbocycles. The van der Waals surface area contributed by atoms with Crippen LogP contribution in [0.5, 0.6) is 5.75 Å². The van der Waals surface area contributed by atoms with E-state index in [1.165, 1.54) is 22.8 Å². The van der Waals surface area contributed by atoms with Gasteiger partial charge in [0.05, 0.1) is 0 Å². The number of halogens is 3. The Morgan fingerprint density at radius 1 is 1.04 bits per heavy atom. The summed E-state index contributed by atoms with van der Waals surface area (Å²) in [5.41, 5.74) is 5.32. The van der Waals surface area contributed by atoms with E-state index >= 15 is 0 Å². The van der Waals surface area contributed by atoms with Crippen LogP contribution >= 0.6 is 36.4 Å². The number of hydrogen-bond acceptors (Lipinski definition) is 1. The van der Waals surface area contributed by atoms with Gasteiger partial charge in [0.1, 0.15) is 5.75 Å². The second kappa shape index (κ2) is 11.7. The molecule has 1 aromatic rings. The summed E-state index contributed by atoms with van der Waals surface area (Å²) in [5.74, 6) is 0.789. The zero-order chi connectivity index (χ0) is 16.4. The molecule has 0 heterocycles. The third kappa shape index (κ3) is 8.45. The number of aromatic hydroxyl groups is 1. The van der Waals surface area contributed by atoms with E-state index in [1.807, 2.05) is 6.07 Å². The van der Waals surface area contributed by atoms with Crippen LogP contribution in [0.3, 0.4) is 0 Å². The van der Waals surface area contributed by atoms with Gasteiger partial charge < -0.3 is 5.11 Å². The number of rotatable bonds is 0. The van der Waals surface area contributed by atoms with Gasteiger partial charge in [0.2, 0.25) is 0 Å². The first-order chi connectivity index (χ1) is 9.52. The van der Waals surface area contributed by atoms with E-state index in [-0.39, 0.29) is 57.7 Å². The molecule has 0 spiro atoms. The molecule has 1 aliphatic rings. The van der Waals surface area contributed by atoms with Crippen molar-refractivity contribution in [3.8, 4) is 5.75 Å². The largest absolute Gasteiger partial charge is 0.508 e. The molecule has 5 heteroatoms. The summed E-state index contributed by atoms with van der Waals surface area (Å²) in [6.07, 6.45) is 3.36. The molecule has 0 aliphatic heterocycles. The minimum absolute atomic E-state index is 0. The monoisotopic (exact) mass is 425 g/mol. The summed E-state index contributed by atoms with van der Waals surface area (Å²) in [7, 11) is 0. The van der Waals surface area contributed by atoms with Crippen molar-refractivity contribution in [2.45, 2.75) is 53.9 Å². The van der Waals surface area contributed by atoms with Crippen LogP contribution in [0.15, 0.2) is 34.9 Å². The first-order valence-electron chi connectivity index (χ1n) is 7.30. The Morgan fingerprint density at radius 2 is 1.54 bits per heavy atom. The summed E-state index contributed by atoms with van der Waals surface area (Å²) < 4.78 is 0. The number of phenolic OH excluding ortho intramolecular Hbond substituents is 1. The Balaban J connectivity index is -0.000000336. The van der Waals surface area contributed by atoms with E-state index in [0.29, 0.717) is 10.9 Å². The molecule has 0 bridgehead atoms. The molecule has 0 amide bonds. The van der Waals surface area contributed by atoms with Crippen molar-refractivity contribution in [3.05, 3.63) is 51.6 Å². The van der Waals surface area contributed by atoms with E-state index < -0.39 is 0 Å². The molecule has 0 fully saturated rings. The average molecular weight is 427 g/mol. The van der Waals surface area contributed by atoms with Gasteiger partial charge in [0, 0.05) is 26.7 Å². The zero-order valence-electron chi connectivity index (χ0n) is 15.5. The van der Waals surface area contributed by atoms with Crippen LogP contribution in [0.4, 0.5) is 0 Å². The molecule has 1 nitrogen and oxygen atoms in total. The Kier molecular flexibility index (Phi) is 14.0. The SMILES string of the molecule is CC(C)(C)c1cc(O)cc(Cl)c1.CC1=[C-]C(C)C(C)=C1C.Cl.Cl.[Ti]. The second-order valence-corrected chi connectivity index (χ2v) is 7.18. The first-order valence-corrected chi connectivity index (χ1v) is 7.68. The van der Waals surface area contributed by atoms with Crippen molar-refractivity contribution in [1.82, 2.24) is 0 Å². The fraction of sp³-hybridized carbons (Fsp3) is 0.474. The molecule has 1 N–H and O–H groups in total. The summed E-state index contributed by atoms with van der Waals surface area (Å²) in [4.78, 5) is 0. The standard InChI is InChI=1S/C10H13ClO.C9H13.2ClH.Ti/c1-10(2,3)7-4-8(11)6-9(12)5-7;1-6-5-7(2)9(4)8(6)3;;;/h4-6,12H,1-3H3;6H,1-4H3;2*1H;/q;-1;;;. The van der Waals surface area contributed by atoms with Crippen molar-refractivity contribution < 1.29 is 26.8 Å². The quantitative estimate of drug-likeness (QED) is 0.353. The molecule has 1 unspecified atom stereocenters. The van der Waals surface area contributed by atoms with Crippen LogP contribution in [-0.2, 0) is 27.1 Å². The third-order valence-corrected chi connectivity index (χ3v) is 4.20. The second-order valence-electron chi connectivity index (χ2n) is 6.75. The molecule has 2 rings (SSSR count). The van der Waals surface area contributed by atoms with Gasteiger partial charge in [-0.05, 0) is 29.2 Å². The number of allylic oxidation sites excluding steroid dienone is 4. The molecule has 0 saturated carbocycles. The maximum Gasteiger partial charge on any atom is 0.117 e. The minimum atomic E-state index is 0. The fourth-order valence-electron chi connectivity index (χ4n) is 2.17. The smallest absolute Gasteiger partial charge is 0.117 e. The molecule has 0 radical (unpaired) electrons. The van der Waals surface area contributed by atoms with Gasteiger partial charge in [-0.1, -0.05) is 59.1 Å². The Labute approximate surface area is 179 Å². The van der Waals surface area contributed by atoms with Crippen molar-refractivity contribution in [3.63, 3.8) is 0 Å². The topological polar surface area (TPSA) is 20.2 Å². The van der Waals surface area contributed by atoms with E-state index in [4.69, 9.17) is 11.6 Å². The van der Waals surface area contributed by atoms with E-state index in [1.54, 1.807) is 6.07 Å². The van der Waals surface area contributed by atoms with Crippen molar-refractivity contribution in [1.29, 1.82) is 0 Å². The minimum Gasteiger partial charge on any atom is -0.508 e. The normalized spacial score (nSPS) is 16.0. The van der Waals surface area contributed by atoms with Gasteiger partial charge in [0.25, 0.3) is 0 Å². The first kappa shape index (κ1) is 28.9. The van der Waals surface area contributed by atoms with Crippen LogP contribution in [0.2, 0.25) is 5.02 Å². The van der Waals surface area contributed by atoms with E-state index in [2.05, 4.69) is 54.5 Å². The predicted molar refractivity (Wildman–Crippen MR) is 106 cm³/mol. The Hall–Kier alpha value is 0.0843. The summed E-state index contributed by atoms with van der Waals surface area (Å²) in [6, 6.07) is 5.16. The molecule has 0 aromatic heterocycles. The predicted octanol–water partition coefficient (Wildman–Crippen LogP) is 6.91. The van der Waals surface area contributed by atoms with Crippen LogP contribution in [0, 0.1) is 12.0 Å². The number of hydrogen-bond donors (Lipinski definition) is 1. The number of benzene rings is 1. The molecule has 24 heavy (non-hydrogen) atoms. The van der Waals surface area contributed by atoms with Crippen LogP contribution in [0.25, 0.3) is 0 Å². The van der Waals surface area contributed by atoms with Gasteiger partial charge in [-0.25, -0.2) is 5.57 Å². The maximum atomic E-state index is 9.27. The van der Waals surface area contributed by atoms with Crippen molar-refractivity contribution >= 4 is 36.4 Å². The Morgan fingerprint density at radius 3 is 1.79 bits per heavy atom. The van der Waals surface area contributed by atoms with Gasteiger partial charge in [-0.15, -0.1) is 31.7 Å². The molecule has 1 atom stereocenters. The van der Waals surface area contributed by atoms with Crippen molar-refractivity contribution in [2.75, 3.05) is 0 Å². The molecule has 136 valence electrons. The molecule has 0 saturated heterocycles. The molecular weight excluding hydrogens is 398 g/mol. The van der Waals surface area contributed by atoms with Gasteiger partial charge in [0.15, 0.2) is 0 Å². The van der Waals surface area contributed by atoms with E-state index in [0.717, 1.165) is 5.56 Å². The van der Waals surface area contributed by atoms with Crippen molar-refractivity contribution in [2.24, 2.45) is 5.92 Å². The van der Waals surface area contributed by atoms with E-state index in [9.17, 15) is 5.11 Å². The molecular formula is C19H28Cl3OTi-. The number of phenols is 1. The fourth-order valence-corrected chi connectivity index (χ4v) is 2.40. The van der Waals surface area contributed by atoms with Gasteiger partial charge in [-0.3, -0.25) is 6.08 Å². The summed E-state index contributed by atoms with van der Waals surface area (Å²) in [6.45, 7) is 14.9. The van der Waals surface area contributed by atoms with Crippen LogP contribution in [-0.4, -0.2) is 5.11 Å². The zero-order valence-corrected chi connectivity index (χ0v) is 19.4. The van der Waals surface area contributed by atoms with Gasteiger partial charge >= 0.3 is 0 Å². The molecule has 1 aromatic carbocycles. The summed E-state index contributed by atoms with van der Waals surface area (Å²) in [5, 5.41) is 9.86. The van der Waals surface area contributed by atoms with Crippen LogP contribution in [0.1, 0.15) is 54.0 Å². The van der Waals surface area contributed by atoms with Crippen LogP contribution < -0.4 is 0 Å². The maximum absolute atomic E-state index is 9.27. The Bertz CT molecular complexity index is 567. The third-order valence-electron chi connectivity index (χ3n) is 3.99. The average Bonchev–Trinajstić information content (AvgIpc) is 2.55. The van der Waals surface area contributed by atoms with Gasteiger partial charge in [-0.2, -0.15) is 11.1 Å².